The maximum absolute atomic E-state index is 12.8. The van der Waals surface area contributed by atoms with Crippen LogP contribution in [0.15, 0.2) is 34.9 Å². The molecule has 0 atom stereocenters. The Morgan fingerprint density at radius 1 is 1.29 bits per heavy atom. The highest BCUT2D eigenvalue weighted by atomic mass is 79.9. The Morgan fingerprint density at radius 3 is 2.59 bits per heavy atom. The van der Waals surface area contributed by atoms with E-state index in [0.717, 1.165) is 15.7 Å². The summed E-state index contributed by atoms with van der Waals surface area (Å²) in [4.78, 5) is 4.18. The molecule has 0 amide bonds. The van der Waals surface area contributed by atoms with E-state index >= 15 is 0 Å². The number of nitrogen functional groups attached to an aromatic ring is 1. The maximum Gasteiger partial charge on any atom is 0.145 e. The molecule has 0 fully saturated rings. The van der Waals surface area contributed by atoms with Crippen LogP contribution >= 0.6 is 15.9 Å². The van der Waals surface area contributed by atoms with Gasteiger partial charge >= 0.3 is 0 Å². The number of aromatic nitrogens is 1. The van der Waals surface area contributed by atoms with E-state index in [1.807, 2.05) is 6.92 Å². The van der Waals surface area contributed by atoms with Crippen LogP contribution in [0.4, 0.5) is 21.6 Å². The number of nitrogens with one attached hydrogen (secondary N) is 1. The van der Waals surface area contributed by atoms with Crippen molar-refractivity contribution >= 4 is 33.1 Å². The van der Waals surface area contributed by atoms with Gasteiger partial charge in [0.1, 0.15) is 11.6 Å². The molecule has 0 aliphatic heterocycles. The molecule has 0 aliphatic carbocycles. The number of hydrogen-bond donors (Lipinski definition) is 2. The number of nitrogens with two attached hydrogens (primary N) is 1. The van der Waals surface area contributed by atoms with Crippen molar-refractivity contribution in [1.82, 2.24) is 4.98 Å². The number of pyridine rings is 1. The third kappa shape index (κ3) is 2.55. The summed E-state index contributed by atoms with van der Waals surface area (Å²) in [6, 6.07) is 6.07. The smallest absolute Gasteiger partial charge is 0.145 e. The third-order valence-corrected chi connectivity index (χ3v) is 3.38. The lowest BCUT2D eigenvalue weighted by atomic mass is 10.2. The first kappa shape index (κ1) is 11.9. The van der Waals surface area contributed by atoms with Gasteiger partial charge in [0.15, 0.2) is 0 Å². The van der Waals surface area contributed by atoms with E-state index in [9.17, 15) is 4.39 Å². The topological polar surface area (TPSA) is 50.9 Å². The van der Waals surface area contributed by atoms with Gasteiger partial charge in [-0.05, 0) is 52.7 Å². The van der Waals surface area contributed by atoms with Crippen LogP contribution in [0.2, 0.25) is 0 Å². The molecule has 3 N–H and O–H groups in total. The Morgan fingerprint density at radius 2 is 1.94 bits per heavy atom. The molecule has 0 radical (unpaired) electrons. The summed E-state index contributed by atoms with van der Waals surface area (Å²) in [5, 5.41) is 3.09. The van der Waals surface area contributed by atoms with Crippen LogP contribution in [0.1, 0.15) is 5.56 Å². The fraction of sp³-hybridized carbons (Fsp3) is 0.0833. The molecule has 17 heavy (non-hydrogen) atoms. The average molecular weight is 296 g/mol. The number of hydrogen-bond acceptors (Lipinski definition) is 3. The molecule has 1 aromatic carbocycles. The molecule has 0 saturated carbocycles. The number of rotatable bonds is 2. The van der Waals surface area contributed by atoms with E-state index in [1.165, 1.54) is 12.1 Å². The molecule has 2 aromatic rings. The number of anilines is 3. The normalized spacial score (nSPS) is 10.3. The van der Waals surface area contributed by atoms with E-state index in [0.29, 0.717) is 11.5 Å². The van der Waals surface area contributed by atoms with Gasteiger partial charge in [-0.3, -0.25) is 0 Å². The fourth-order valence-corrected chi connectivity index (χ4v) is 1.78. The summed E-state index contributed by atoms with van der Waals surface area (Å²) in [5.41, 5.74) is 8.05. The second-order valence-corrected chi connectivity index (χ2v) is 4.43. The molecular formula is C12H11BrFN3. The number of benzene rings is 1. The Bertz CT molecular complexity index is 540. The van der Waals surface area contributed by atoms with Crippen LogP contribution in [0.25, 0.3) is 0 Å². The molecule has 1 heterocycles. The summed E-state index contributed by atoms with van der Waals surface area (Å²) < 4.78 is 13.6. The molecule has 0 aliphatic rings. The minimum atomic E-state index is -0.268. The van der Waals surface area contributed by atoms with Gasteiger partial charge in [-0.1, -0.05) is 0 Å². The van der Waals surface area contributed by atoms with Crippen molar-refractivity contribution in [3.63, 3.8) is 0 Å². The molecule has 0 bridgehead atoms. The standard InChI is InChI=1S/C12H11BrFN3/c1-7-10(15)6-16-12(11(7)13)17-9-4-2-8(14)3-5-9/h2-6H,15H2,1H3,(H,16,17). The van der Waals surface area contributed by atoms with Crippen LogP contribution < -0.4 is 11.1 Å². The van der Waals surface area contributed by atoms with Crippen LogP contribution in [0, 0.1) is 12.7 Å². The number of halogens is 2. The Kier molecular flexibility index (Phi) is 3.28. The first-order valence-corrected chi connectivity index (χ1v) is 5.80. The molecule has 5 heteroatoms. The summed E-state index contributed by atoms with van der Waals surface area (Å²) in [6.07, 6.45) is 1.59. The second-order valence-electron chi connectivity index (χ2n) is 3.63. The fourth-order valence-electron chi connectivity index (χ4n) is 1.35. The zero-order valence-electron chi connectivity index (χ0n) is 9.17. The molecular weight excluding hydrogens is 285 g/mol. The Labute approximate surface area is 107 Å². The molecule has 0 saturated heterocycles. The van der Waals surface area contributed by atoms with E-state index in [4.69, 9.17) is 5.73 Å². The molecule has 0 unspecified atom stereocenters. The molecule has 2 rings (SSSR count). The largest absolute Gasteiger partial charge is 0.397 e. The van der Waals surface area contributed by atoms with Crippen molar-refractivity contribution in [3.05, 3.63) is 46.3 Å². The highest BCUT2D eigenvalue weighted by molar-refractivity contribution is 9.10. The Balaban J connectivity index is 2.30. The lowest BCUT2D eigenvalue weighted by Crippen LogP contribution is -1.99. The van der Waals surface area contributed by atoms with Crippen molar-refractivity contribution < 1.29 is 4.39 Å². The predicted octanol–water partition coefficient (Wildman–Crippen LogP) is 3.62. The highest BCUT2D eigenvalue weighted by Gasteiger charge is 2.07. The van der Waals surface area contributed by atoms with E-state index in [1.54, 1.807) is 18.3 Å². The van der Waals surface area contributed by atoms with Crippen molar-refractivity contribution in [1.29, 1.82) is 0 Å². The van der Waals surface area contributed by atoms with Gasteiger partial charge in [0.25, 0.3) is 0 Å². The lowest BCUT2D eigenvalue weighted by Gasteiger charge is -2.10. The summed E-state index contributed by atoms with van der Waals surface area (Å²) in [5.74, 6) is 0.388. The summed E-state index contributed by atoms with van der Waals surface area (Å²) >= 11 is 3.42. The minimum absolute atomic E-state index is 0.268. The van der Waals surface area contributed by atoms with Crippen molar-refractivity contribution in [2.75, 3.05) is 11.1 Å². The van der Waals surface area contributed by atoms with Crippen molar-refractivity contribution in [3.8, 4) is 0 Å². The predicted molar refractivity (Wildman–Crippen MR) is 70.8 cm³/mol. The van der Waals surface area contributed by atoms with Gasteiger partial charge in [-0.2, -0.15) is 0 Å². The zero-order valence-corrected chi connectivity index (χ0v) is 10.8. The minimum Gasteiger partial charge on any atom is -0.397 e. The second kappa shape index (κ2) is 4.71. The van der Waals surface area contributed by atoms with E-state index in [-0.39, 0.29) is 5.82 Å². The third-order valence-electron chi connectivity index (χ3n) is 2.41. The first-order valence-electron chi connectivity index (χ1n) is 5.01. The maximum atomic E-state index is 12.8. The van der Waals surface area contributed by atoms with Gasteiger partial charge in [0, 0.05) is 5.69 Å². The summed E-state index contributed by atoms with van der Waals surface area (Å²) in [7, 11) is 0. The first-order chi connectivity index (χ1) is 8.08. The SMILES string of the molecule is Cc1c(N)cnc(Nc2ccc(F)cc2)c1Br. The van der Waals surface area contributed by atoms with Crippen LogP contribution in [0.3, 0.4) is 0 Å². The lowest BCUT2D eigenvalue weighted by molar-refractivity contribution is 0.628. The van der Waals surface area contributed by atoms with Gasteiger partial charge in [0.2, 0.25) is 0 Å². The molecule has 1 aromatic heterocycles. The molecule has 0 spiro atoms. The quantitative estimate of drug-likeness (QED) is 0.890. The van der Waals surface area contributed by atoms with Gasteiger partial charge in [-0.15, -0.1) is 0 Å². The van der Waals surface area contributed by atoms with E-state index in [2.05, 4.69) is 26.2 Å². The molecule has 3 nitrogen and oxygen atoms in total. The van der Waals surface area contributed by atoms with E-state index < -0.39 is 0 Å². The summed E-state index contributed by atoms with van der Waals surface area (Å²) in [6.45, 7) is 1.90. The monoisotopic (exact) mass is 295 g/mol. The van der Waals surface area contributed by atoms with Gasteiger partial charge in [-0.25, -0.2) is 9.37 Å². The highest BCUT2D eigenvalue weighted by Crippen LogP contribution is 2.29. The van der Waals surface area contributed by atoms with Gasteiger partial charge in [0.05, 0.1) is 16.4 Å². The average Bonchev–Trinajstić information content (AvgIpc) is 2.33. The van der Waals surface area contributed by atoms with Crippen LogP contribution in [-0.4, -0.2) is 4.98 Å². The van der Waals surface area contributed by atoms with Crippen molar-refractivity contribution in [2.45, 2.75) is 6.92 Å². The van der Waals surface area contributed by atoms with Crippen LogP contribution in [0.5, 0.6) is 0 Å². The van der Waals surface area contributed by atoms with Crippen molar-refractivity contribution in [2.24, 2.45) is 0 Å². The number of nitrogens with zero attached hydrogens (tertiary/aromatic N) is 1. The van der Waals surface area contributed by atoms with Gasteiger partial charge < -0.3 is 11.1 Å². The van der Waals surface area contributed by atoms with Crippen LogP contribution in [-0.2, 0) is 0 Å². The zero-order chi connectivity index (χ0) is 12.4. The Hall–Kier alpha value is -1.62. The molecule has 88 valence electrons.